The summed E-state index contributed by atoms with van der Waals surface area (Å²) >= 11 is 0. The zero-order valence-corrected chi connectivity index (χ0v) is 13.8. The molecule has 2 atom stereocenters. The van der Waals surface area contributed by atoms with Crippen LogP contribution in [0.4, 0.5) is 0 Å². The average molecular weight is 296 g/mol. The van der Waals surface area contributed by atoms with Gasteiger partial charge in [-0.15, -0.1) is 0 Å². The molecule has 20 heavy (non-hydrogen) atoms. The van der Waals surface area contributed by atoms with Crippen molar-refractivity contribution in [1.82, 2.24) is 0 Å². The van der Waals surface area contributed by atoms with Crippen molar-refractivity contribution in [3.8, 4) is 0 Å². The summed E-state index contributed by atoms with van der Waals surface area (Å²) in [5.41, 5.74) is 0. The van der Waals surface area contributed by atoms with E-state index in [4.69, 9.17) is 28.4 Å². The van der Waals surface area contributed by atoms with E-state index < -0.39 is 0 Å². The molecule has 0 rings (SSSR count). The number of methoxy groups -OCH3 is 4. The van der Waals surface area contributed by atoms with Gasteiger partial charge in [-0.25, -0.2) is 0 Å². The highest BCUT2D eigenvalue weighted by atomic mass is 16.6. The lowest BCUT2D eigenvalue weighted by Gasteiger charge is -2.14. The van der Waals surface area contributed by atoms with Crippen LogP contribution in [0.2, 0.25) is 0 Å². The number of hydrogen-bond donors (Lipinski definition) is 0. The second kappa shape index (κ2) is 18.8. The molecule has 0 saturated heterocycles. The van der Waals surface area contributed by atoms with E-state index in [-0.39, 0.29) is 12.2 Å². The van der Waals surface area contributed by atoms with Gasteiger partial charge < -0.3 is 28.4 Å². The zero-order valence-electron chi connectivity index (χ0n) is 13.8. The van der Waals surface area contributed by atoms with Crippen LogP contribution in [0.3, 0.4) is 0 Å². The monoisotopic (exact) mass is 296 g/mol. The molecule has 0 heterocycles. The summed E-state index contributed by atoms with van der Waals surface area (Å²) in [6.45, 7) is 7.83. The first-order valence-electron chi connectivity index (χ1n) is 6.81. The Hall–Kier alpha value is -0.240. The van der Waals surface area contributed by atoms with Gasteiger partial charge in [-0.2, -0.15) is 0 Å². The van der Waals surface area contributed by atoms with Crippen molar-refractivity contribution in [2.24, 2.45) is 0 Å². The molecule has 6 nitrogen and oxygen atoms in total. The fourth-order valence-electron chi connectivity index (χ4n) is 1.04. The smallest absolute Gasteiger partial charge is 0.0781 e. The SMILES string of the molecule is COCC(C)OCC(C)OC.COCCOCCOC. The van der Waals surface area contributed by atoms with Crippen molar-refractivity contribution in [2.75, 3.05) is 68.1 Å². The van der Waals surface area contributed by atoms with E-state index in [0.717, 1.165) is 0 Å². The maximum atomic E-state index is 5.39. The normalized spacial score (nSPS) is 13.5. The predicted octanol–water partition coefficient (Wildman–Crippen LogP) is 1.37. The lowest BCUT2D eigenvalue weighted by atomic mass is 10.4. The van der Waals surface area contributed by atoms with Crippen molar-refractivity contribution in [3.63, 3.8) is 0 Å². The molecule has 2 unspecified atom stereocenters. The molecule has 124 valence electrons. The maximum Gasteiger partial charge on any atom is 0.0781 e. The van der Waals surface area contributed by atoms with Crippen LogP contribution in [0.15, 0.2) is 0 Å². The van der Waals surface area contributed by atoms with E-state index in [1.807, 2.05) is 13.8 Å². The van der Waals surface area contributed by atoms with Crippen molar-refractivity contribution in [1.29, 1.82) is 0 Å². The molecular formula is C14H32O6. The van der Waals surface area contributed by atoms with Gasteiger partial charge in [0.25, 0.3) is 0 Å². The molecule has 0 bridgehead atoms. The van der Waals surface area contributed by atoms with Crippen LogP contribution in [-0.2, 0) is 28.4 Å². The Labute approximate surface area is 123 Å². The van der Waals surface area contributed by atoms with Gasteiger partial charge in [0.05, 0.1) is 51.8 Å². The van der Waals surface area contributed by atoms with Crippen LogP contribution in [-0.4, -0.2) is 80.3 Å². The predicted molar refractivity (Wildman–Crippen MR) is 78.3 cm³/mol. The van der Waals surface area contributed by atoms with E-state index >= 15 is 0 Å². The van der Waals surface area contributed by atoms with Gasteiger partial charge in [-0.3, -0.25) is 0 Å². The molecular weight excluding hydrogens is 264 g/mol. The highest BCUT2D eigenvalue weighted by Gasteiger charge is 2.04. The third-order valence-corrected chi connectivity index (χ3v) is 2.28. The lowest BCUT2D eigenvalue weighted by molar-refractivity contribution is -0.0386. The first-order chi connectivity index (χ1) is 9.62. The van der Waals surface area contributed by atoms with Crippen molar-refractivity contribution in [2.45, 2.75) is 26.1 Å². The Bertz CT molecular complexity index is 162. The van der Waals surface area contributed by atoms with Crippen molar-refractivity contribution in [3.05, 3.63) is 0 Å². The number of rotatable bonds is 12. The van der Waals surface area contributed by atoms with Crippen molar-refractivity contribution >= 4 is 0 Å². The Morgan fingerprint density at radius 2 is 1.20 bits per heavy atom. The van der Waals surface area contributed by atoms with E-state index in [2.05, 4.69) is 0 Å². The summed E-state index contributed by atoms with van der Waals surface area (Å²) in [6, 6.07) is 0. The molecule has 0 fully saturated rings. The van der Waals surface area contributed by atoms with E-state index in [1.54, 1.807) is 28.4 Å². The molecule has 0 aliphatic carbocycles. The summed E-state index contributed by atoms with van der Waals surface area (Å²) < 4.78 is 29.9. The highest BCUT2D eigenvalue weighted by molar-refractivity contribution is 4.50. The Morgan fingerprint density at radius 3 is 1.60 bits per heavy atom. The minimum atomic E-state index is 0.151. The molecule has 0 aromatic heterocycles. The third kappa shape index (κ3) is 20.1. The molecule has 0 aromatic rings. The molecule has 0 N–H and O–H groups in total. The van der Waals surface area contributed by atoms with Gasteiger partial charge in [0, 0.05) is 28.4 Å². The van der Waals surface area contributed by atoms with Crippen LogP contribution in [0, 0.1) is 0 Å². The summed E-state index contributed by atoms with van der Waals surface area (Å²) in [5, 5.41) is 0. The molecule has 0 amide bonds. The molecule has 0 radical (unpaired) electrons. The van der Waals surface area contributed by atoms with Gasteiger partial charge >= 0.3 is 0 Å². The fourth-order valence-corrected chi connectivity index (χ4v) is 1.04. The van der Waals surface area contributed by atoms with Crippen LogP contribution in [0.25, 0.3) is 0 Å². The molecule has 0 saturated carbocycles. The second-order valence-electron chi connectivity index (χ2n) is 4.24. The number of ether oxygens (including phenoxy) is 6. The summed E-state index contributed by atoms with van der Waals surface area (Å²) in [7, 11) is 6.65. The summed E-state index contributed by atoms with van der Waals surface area (Å²) in [4.78, 5) is 0. The van der Waals surface area contributed by atoms with Crippen LogP contribution in [0.1, 0.15) is 13.8 Å². The number of hydrogen-bond acceptors (Lipinski definition) is 6. The van der Waals surface area contributed by atoms with Gasteiger partial charge in [-0.05, 0) is 13.8 Å². The van der Waals surface area contributed by atoms with Crippen molar-refractivity contribution < 1.29 is 28.4 Å². The summed E-state index contributed by atoms with van der Waals surface area (Å²) in [6.07, 6.45) is 0.312. The zero-order chi connectivity index (χ0) is 15.6. The average Bonchev–Trinajstić information content (AvgIpc) is 2.45. The van der Waals surface area contributed by atoms with Gasteiger partial charge in [0.1, 0.15) is 0 Å². The second-order valence-corrected chi connectivity index (χ2v) is 4.24. The van der Waals surface area contributed by atoms with E-state index in [9.17, 15) is 0 Å². The molecule has 0 aliphatic heterocycles. The fraction of sp³-hybridized carbons (Fsp3) is 1.00. The Morgan fingerprint density at radius 1 is 0.650 bits per heavy atom. The van der Waals surface area contributed by atoms with E-state index in [0.29, 0.717) is 39.6 Å². The van der Waals surface area contributed by atoms with Gasteiger partial charge in [-0.1, -0.05) is 0 Å². The highest BCUT2D eigenvalue weighted by Crippen LogP contribution is 1.95. The topological polar surface area (TPSA) is 55.4 Å². The van der Waals surface area contributed by atoms with Crippen LogP contribution >= 0.6 is 0 Å². The lowest BCUT2D eigenvalue weighted by Crippen LogP contribution is -2.21. The molecule has 0 spiro atoms. The van der Waals surface area contributed by atoms with Crippen LogP contribution < -0.4 is 0 Å². The first-order valence-corrected chi connectivity index (χ1v) is 6.81. The maximum absolute atomic E-state index is 5.39. The minimum Gasteiger partial charge on any atom is -0.382 e. The minimum absolute atomic E-state index is 0.151. The quantitative estimate of drug-likeness (QED) is 0.507. The standard InChI is InChI=1S/C8H18O3.C6H14O3/c1-7(10-4)6-11-8(2)5-9-3;1-7-3-5-9-6-4-8-2/h7-8H,5-6H2,1-4H3;3-6H2,1-2H3. The Kier molecular flexibility index (Phi) is 20.7. The first kappa shape index (κ1) is 22.0. The molecule has 6 heteroatoms. The van der Waals surface area contributed by atoms with Gasteiger partial charge in [0.2, 0.25) is 0 Å². The van der Waals surface area contributed by atoms with Gasteiger partial charge in [0.15, 0.2) is 0 Å². The molecule has 0 aliphatic rings. The summed E-state index contributed by atoms with van der Waals surface area (Å²) in [5.74, 6) is 0. The molecule has 0 aromatic carbocycles. The Balaban J connectivity index is 0. The third-order valence-electron chi connectivity index (χ3n) is 2.28. The largest absolute Gasteiger partial charge is 0.382 e. The van der Waals surface area contributed by atoms with E-state index in [1.165, 1.54) is 0 Å². The van der Waals surface area contributed by atoms with Crippen LogP contribution in [0.5, 0.6) is 0 Å².